The Morgan fingerprint density at radius 3 is 2.52 bits per heavy atom. The van der Waals surface area contributed by atoms with Gasteiger partial charge in [-0.2, -0.15) is 0 Å². The molecule has 3 rings (SSSR count). The second-order valence-electron chi connectivity index (χ2n) is 5.87. The van der Waals surface area contributed by atoms with Crippen LogP contribution in [0.5, 0.6) is 5.75 Å². The summed E-state index contributed by atoms with van der Waals surface area (Å²) in [6.07, 6.45) is -7.13. The lowest BCUT2D eigenvalue weighted by Gasteiger charge is -2.45. The van der Waals surface area contributed by atoms with Crippen molar-refractivity contribution < 1.29 is 39.1 Å². The van der Waals surface area contributed by atoms with Crippen LogP contribution in [-0.4, -0.2) is 56.6 Å². The van der Waals surface area contributed by atoms with Crippen LogP contribution in [0.1, 0.15) is 6.92 Å². The van der Waals surface area contributed by atoms with Crippen LogP contribution in [0.2, 0.25) is 0 Å². The molecule has 0 saturated carbocycles. The molecular formula is C16H16O9. The molecule has 2 aromatic rings. The van der Waals surface area contributed by atoms with Crippen LogP contribution in [0.4, 0.5) is 0 Å². The zero-order valence-electron chi connectivity index (χ0n) is 13.0. The highest BCUT2D eigenvalue weighted by Gasteiger charge is 2.55. The Hall–Kier alpha value is -2.46. The summed E-state index contributed by atoms with van der Waals surface area (Å²) in [6, 6.07) is 7.26. The van der Waals surface area contributed by atoms with E-state index in [1.54, 1.807) is 12.1 Å². The molecule has 25 heavy (non-hydrogen) atoms. The number of fused-ring (bicyclic) bond motifs is 1. The number of aliphatic hydroxyl groups excluding tert-OH is 3. The summed E-state index contributed by atoms with van der Waals surface area (Å²) in [7, 11) is 0. The topological polar surface area (TPSA) is 147 Å². The lowest BCUT2D eigenvalue weighted by atomic mass is 9.93. The van der Waals surface area contributed by atoms with Gasteiger partial charge in [0, 0.05) is 24.4 Å². The number of carboxylic acid groups (broad SMARTS) is 1. The van der Waals surface area contributed by atoms with Crippen molar-refractivity contribution in [3.63, 3.8) is 0 Å². The number of aliphatic hydroxyl groups is 3. The Labute approximate surface area is 140 Å². The molecule has 0 radical (unpaired) electrons. The molecule has 1 aromatic heterocycles. The van der Waals surface area contributed by atoms with Crippen molar-refractivity contribution in [3.8, 4) is 5.75 Å². The second kappa shape index (κ2) is 6.12. The van der Waals surface area contributed by atoms with Gasteiger partial charge in [0.1, 0.15) is 29.6 Å². The van der Waals surface area contributed by atoms with Gasteiger partial charge in [-0.3, -0.25) is 0 Å². The van der Waals surface area contributed by atoms with Crippen LogP contribution in [0.3, 0.4) is 0 Å². The van der Waals surface area contributed by atoms with Crippen LogP contribution >= 0.6 is 0 Å². The largest absolute Gasteiger partial charge is 0.479 e. The van der Waals surface area contributed by atoms with Gasteiger partial charge in [0.15, 0.2) is 6.10 Å². The van der Waals surface area contributed by atoms with Crippen molar-refractivity contribution in [1.82, 2.24) is 0 Å². The fraction of sp³-hybridized carbons (Fsp3) is 0.375. The number of rotatable bonds is 3. The highest BCUT2D eigenvalue weighted by molar-refractivity contribution is 5.77. The third-order valence-corrected chi connectivity index (χ3v) is 4.04. The molecule has 9 heteroatoms. The minimum atomic E-state index is -1.95. The maximum Gasteiger partial charge on any atom is 0.336 e. The van der Waals surface area contributed by atoms with Crippen LogP contribution in [0.15, 0.2) is 39.5 Å². The van der Waals surface area contributed by atoms with Crippen molar-refractivity contribution >= 4 is 16.9 Å². The summed E-state index contributed by atoms with van der Waals surface area (Å²) >= 11 is 0. The summed E-state index contributed by atoms with van der Waals surface area (Å²) in [5.41, 5.74) is -0.344. The number of benzene rings is 1. The zero-order chi connectivity index (χ0) is 18.4. The van der Waals surface area contributed by atoms with Gasteiger partial charge in [0.05, 0.1) is 0 Å². The van der Waals surface area contributed by atoms with Crippen LogP contribution in [0.25, 0.3) is 11.0 Å². The quantitative estimate of drug-likeness (QED) is 0.534. The fourth-order valence-electron chi connectivity index (χ4n) is 2.69. The number of carbonyl (C=O) groups is 1. The van der Waals surface area contributed by atoms with E-state index >= 15 is 0 Å². The Morgan fingerprint density at radius 2 is 1.84 bits per heavy atom. The van der Waals surface area contributed by atoms with Crippen LogP contribution < -0.4 is 10.4 Å². The van der Waals surface area contributed by atoms with Gasteiger partial charge in [0.25, 0.3) is 0 Å². The van der Waals surface area contributed by atoms with Gasteiger partial charge in [-0.25, -0.2) is 9.59 Å². The summed E-state index contributed by atoms with van der Waals surface area (Å²) in [4.78, 5) is 22.5. The fourth-order valence-corrected chi connectivity index (χ4v) is 2.69. The molecule has 4 N–H and O–H groups in total. The molecule has 1 aliphatic heterocycles. The van der Waals surface area contributed by atoms with Gasteiger partial charge in [-0.15, -0.1) is 0 Å². The van der Waals surface area contributed by atoms with E-state index in [2.05, 4.69) is 0 Å². The van der Waals surface area contributed by atoms with E-state index in [-0.39, 0.29) is 11.3 Å². The molecule has 0 bridgehead atoms. The molecule has 1 unspecified atom stereocenters. The first kappa shape index (κ1) is 17.4. The Kier molecular flexibility index (Phi) is 4.25. The third-order valence-electron chi connectivity index (χ3n) is 4.04. The molecule has 1 aliphatic rings. The van der Waals surface area contributed by atoms with Crippen molar-refractivity contribution in [2.24, 2.45) is 0 Å². The predicted octanol–water partition coefficient (Wildman–Crippen LogP) is -0.546. The lowest BCUT2D eigenvalue weighted by Crippen LogP contribution is -2.66. The van der Waals surface area contributed by atoms with E-state index in [0.29, 0.717) is 5.39 Å². The number of ether oxygens (including phenoxy) is 2. The highest BCUT2D eigenvalue weighted by atomic mass is 16.7. The summed E-state index contributed by atoms with van der Waals surface area (Å²) in [6.45, 7) is 1.23. The molecule has 5 atom stereocenters. The van der Waals surface area contributed by atoms with E-state index in [4.69, 9.17) is 19.0 Å². The van der Waals surface area contributed by atoms with Crippen molar-refractivity contribution in [1.29, 1.82) is 0 Å². The van der Waals surface area contributed by atoms with E-state index in [1.807, 2.05) is 0 Å². The van der Waals surface area contributed by atoms with E-state index in [1.165, 1.54) is 25.1 Å². The third kappa shape index (κ3) is 3.10. The maximum absolute atomic E-state index is 11.3. The maximum atomic E-state index is 11.3. The molecule has 2 heterocycles. The molecule has 0 spiro atoms. The molecule has 0 amide bonds. The number of aliphatic carboxylic acids is 1. The van der Waals surface area contributed by atoms with Gasteiger partial charge in [-0.05, 0) is 18.2 Å². The molecule has 1 fully saturated rings. The Bertz CT molecular complexity index is 860. The van der Waals surface area contributed by atoms with Gasteiger partial charge in [-0.1, -0.05) is 0 Å². The molecule has 134 valence electrons. The minimum absolute atomic E-state index is 0.108. The first-order valence-corrected chi connectivity index (χ1v) is 7.39. The standard InChI is InChI=1S/C16H16O9/c1-16(14(20)12(19)11(18)13(25-16)15(21)22)24-8-4-2-7-3-5-10(17)23-9(7)6-8/h2-6,11-14,18-20H,1H3,(H,21,22)/t11-,12-,13-,14+,16?/m0/s1. The average molecular weight is 352 g/mol. The normalized spacial score (nSPS) is 32.5. The highest BCUT2D eigenvalue weighted by Crippen LogP contribution is 2.33. The predicted molar refractivity (Wildman–Crippen MR) is 82.0 cm³/mol. The molecule has 0 aliphatic carbocycles. The lowest BCUT2D eigenvalue weighted by molar-refractivity contribution is -0.322. The molecular weight excluding hydrogens is 336 g/mol. The Morgan fingerprint density at radius 1 is 1.16 bits per heavy atom. The Balaban J connectivity index is 1.94. The van der Waals surface area contributed by atoms with E-state index in [0.717, 1.165) is 0 Å². The van der Waals surface area contributed by atoms with Gasteiger partial charge >= 0.3 is 11.6 Å². The monoisotopic (exact) mass is 352 g/mol. The molecule has 9 nitrogen and oxygen atoms in total. The van der Waals surface area contributed by atoms with Crippen LogP contribution in [-0.2, 0) is 9.53 Å². The van der Waals surface area contributed by atoms with Gasteiger partial charge < -0.3 is 34.3 Å². The molecule has 1 saturated heterocycles. The SMILES string of the molecule is CC1(Oc2ccc3ccc(=O)oc3c2)O[C@H](C(=O)O)[C@@H](O)[C@H](O)[C@H]1O. The summed E-state index contributed by atoms with van der Waals surface area (Å²) < 4.78 is 15.8. The van der Waals surface area contributed by atoms with Gasteiger partial charge in [0.2, 0.25) is 5.79 Å². The van der Waals surface area contributed by atoms with Crippen molar-refractivity contribution in [2.75, 3.05) is 0 Å². The molecule has 1 aromatic carbocycles. The summed E-state index contributed by atoms with van der Waals surface area (Å²) in [5, 5.41) is 39.5. The minimum Gasteiger partial charge on any atom is -0.479 e. The van der Waals surface area contributed by atoms with Crippen molar-refractivity contribution in [2.45, 2.75) is 37.1 Å². The van der Waals surface area contributed by atoms with E-state index < -0.39 is 41.8 Å². The number of hydrogen-bond donors (Lipinski definition) is 4. The second-order valence-corrected chi connectivity index (χ2v) is 5.87. The average Bonchev–Trinajstić information content (AvgIpc) is 2.56. The number of hydrogen-bond acceptors (Lipinski definition) is 8. The first-order valence-electron chi connectivity index (χ1n) is 7.39. The van der Waals surface area contributed by atoms with Crippen LogP contribution in [0, 0.1) is 0 Å². The number of carboxylic acids is 1. The zero-order valence-corrected chi connectivity index (χ0v) is 13.0. The van der Waals surface area contributed by atoms with E-state index in [9.17, 15) is 24.9 Å². The first-order chi connectivity index (χ1) is 11.7. The summed E-state index contributed by atoms with van der Waals surface area (Å²) in [5.74, 6) is -3.36. The van der Waals surface area contributed by atoms with Crippen molar-refractivity contribution in [3.05, 3.63) is 40.8 Å². The smallest absolute Gasteiger partial charge is 0.336 e.